The summed E-state index contributed by atoms with van der Waals surface area (Å²) in [5.74, 6) is 1.30. The molecular weight excluding hydrogens is 368 g/mol. The van der Waals surface area contributed by atoms with Gasteiger partial charge in [0.05, 0.1) is 23.7 Å². The zero-order valence-electron chi connectivity index (χ0n) is 16.0. The molecule has 148 valence electrons. The lowest BCUT2D eigenvalue weighted by atomic mass is 10.1. The first-order chi connectivity index (χ1) is 14.1. The van der Waals surface area contributed by atoms with Gasteiger partial charge in [-0.15, -0.1) is 0 Å². The summed E-state index contributed by atoms with van der Waals surface area (Å²) in [6.07, 6.45) is 2.70. The van der Waals surface area contributed by atoms with Crippen molar-refractivity contribution in [3.05, 3.63) is 42.0 Å². The summed E-state index contributed by atoms with van der Waals surface area (Å²) in [6, 6.07) is 11.5. The van der Waals surface area contributed by atoms with Gasteiger partial charge >= 0.3 is 0 Å². The van der Waals surface area contributed by atoms with Gasteiger partial charge < -0.3 is 20.8 Å². The minimum absolute atomic E-state index is 0.0903. The number of carbonyl (C=O) groups is 1. The number of rotatable bonds is 4. The zero-order valence-corrected chi connectivity index (χ0v) is 16.0. The van der Waals surface area contributed by atoms with Gasteiger partial charge in [-0.25, -0.2) is 4.98 Å². The Kier molecular flexibility index (Phi) is 4.21. The summed E-state index contributed by atoms with van der Waals surface area (Å²) in [5.41, 5.74) is 9.75. The Balaban J connectivity index is 1.49. The maximum atomic E-state index is 12.7. The van der Waals surface area contributed by atoms with Crippen molar-refractivity contribution in [2.24, 2.45) is 5.73 Å². The van der Waals surface area contributed by atoms with Crippen LogP contribution in [0.3, 0.4) is 0 Å². The summed E-state index contributed by atoms with van der Waals surface area (Å²) in [7, 11) is 1.63. The standard InChI is InChI=1S/C21H22N6O2/c1-29-14-5-7-17-18(10-14)25-20(24-17)19-15-8-11(2-6-16(15)26-27-19)21(28)23-13-4-3-12(22)9-13/h2,5-8,10,12-13H,3-4,9,22H2,1H3,(H,23,28)(H,24,25)(H,26,27)/t12-,13-/m0/s1. The molecule has 0 unspecified atom stereocenters. The Bertz CT molecular complexity index is 1210. The Labute approximate surface area is 166 Å². The van der Waals surface area contributed by atoms with Crippen LogP contribution in [0.25, 0.3) is 33.5 Å². The highest BCUT2D eigenvalue weighted by molar-refractivity contribution is 6.01. The molecule has 8 heteroatoms. The highest BCUT2D eigenvalue weighted by Gasteiger charge is 2.24. The third-order valence-corrected chi connectivity index (χ3v) is 5.55. The van der Waals surface area contributed by atoms with Crippen LogP contribution in [0.5, 0.6) is 5.75 Å². The molecule has 1 fully saturated rings. The number of carbonyl (C=O) groups excluding carboxylic acids is 1. The topological polar surface area (TPSA) is 122 Å². The largest absolute Gasteiger partial charge is 0.497 e. The molecule has 5 N–H and O–H groups in total. The number of hydrogen-bond donors (Lipinski definition) is 4. The number of amides is 1. The molecule has 0 bridgehead atoms. The van der Waals surface area contributed by atoms with E-state index in [2.05, 4.69) is 25.5 Å². The molecule has 1 aliphatic carbocycles. The summed E-state index contributed by atoms with van der Waals surface area (Å²) < 4.78 is 5.27. The van der Waals surface area contributed by atoms with Gasteiger partial charge in [-0.2, -0.15) is 5.10 Å². The van der Waals surface area contributed by atoms with Crippen LogP contribution in [-0.2, 0) is 0 Å². The zero-order chi connectivity index (χ0) is 20.0. The van der Waals surface area contributed by atoms with Crippen molar-refractivity contribution < 1.29 is 9.53 Å². The number of aromatic nitrogens is 4. The van der Waals surface area contributed by atoms with Crippen molar-refractivity contribution in [3.8, 4) is 17.3 Å². The van der Waals surface area contributed by atoms with Crippen LogP contribution >= 0.6 is 0 Å². The van der Waals surface area contributed by atoms with Crippen molar-refractivity contribution >= 4 is 27.8 Å². The highest BCUT2D eigenvalue weighted by Crippen LogP contribution is 2.28. The lowest BCUT2D eigenvalue weighted by molar-refractivity contribution is 0.0938. The Morgan fingerprint density at radius 3 is 2.90 bits per heavy atom. The quantitative estimate of drug-likeness (QED) is 0.427. The van der Waals surface area contributed by atoms with Gasteiger partial charge in [-0.3, -0.25) is 9.89 Å². The summed E-state index contributed by atoms with van der Waals surface area (Å²) in [5, 5.41) is 11.4. The normalized spacial score (nSPS) is 19.1. The number of ether oxygens (including phenoxy) is 1. The van der Waals surface area contributed by atoms with E-state index in [1.807, 2.05) is 30.3 Å². The molecule has 0 saturated heterocycles. The molecule has 29 heavy (non-hydrogen) atoms. The van der Waals surface area contributed by atoms with Gasteiger partial charge in [0.2, 0.25) is 0 Å². The van der Waals surface area contributed by atoms with E-state index in [1.54, 1.807) is 13.2 Å². The molecule has 2 aromatic heterocycles. The second-order valence-corrected chi connectivity index (χ2v) is 7.54. The lowest BCUT2D eigenvalue weighted by Gasteiger charge is -2.12. The molecule has 0 aliphatic heterocycles. The molecule has 1 amide bonds. The van der Waals surface area contributed by atoms with E-state index in [9.17, 15) is 4.79 Å². The van der Waals surface area contributed by atoms with Crippen LogP contribution in [-0.4, -0.2) is 45.3 Å². The fourth-order valence-electron chi connectivity index (χ4n) is 3.98. The molecular formula is C21H22N6O2. The number of aromatic amines is 2. The van der Waals surface area contributed by atoms with Crippen LogP contribution in [0.4, 0.5) is 0 Å². The molecule has 1 saturated carbocycles. The SMILES string of the molecule is COc1ccc2nc(-c3n[nH]c4ccc(C(=O)N[C@H]5CC[C@H](N)C5)cc34)[nH]c2c1. The second kappa shape index (κ2) is 6.89. The molecule has 2 atom stereocenters. The first-order valence-electron chi connectivity index (χ1n) is 9.69. The molecule has 0 spiro atoms. The number of benzene rings is 2. The average Bonchev–Trinajstić information content (AvgIpc) is 3.44. The summed E-state index contributed by atoms with van der Waals surface area (Å²) in [6.45, 7) is 0. The summed E-state index contributed by atoms with van der Waals surface area (Å²) >= 11 is 0. The van der Waals surface area contributed by atoms with E-state index in [1.165, 1.54) is 0 Å². The minimum atomic E-state index is -0.0903. The lowest BCUT2D eigenvalue weighted by Crippen LogP contribution is -2.34. The number of nitrogens with two attached hydrogens (primary N) is 1. The van der Waals surface area contributed by atoms with Crippen molar-refractivity contribution in [1.82, 2.24) is 25.5 Å². The predicted octanol–water partition coefficient (Wildman–Crippen LogP) is 2.72. The number of nitrogens with one attached hydrogen (secondary N) is 3. The number of imidazole rings is 1. The maximum absolute atomic E-state index is 12.7. The number of nitrogens with zero attached hydrogens (tertiary/aromatic N) is 2. The minimum Gasteiger partial charge on any atom is -0.497 e. The van der Waals surface area contributed by atoms with E-state index in [-0.39, 0.29) is 18.0 Å². The fourth-order valence-corrected chi connectivity index (χ4v) is 3.98. The Morgan fingerprint density at radius 2 is 2.10 bits per heavy atom. The third kappa shape index (κ3) is 3.21. The van der Waals surface area contributed by atoms with Gasteiger partial charge in [0.25, 0.3) is 5.91 Å². The van der Waals surface area contributed by atoms with Crippen molar-refractivity contribution in [3.63, 3.8) is 0 Å². The van der Waals surface area contributed by atoms with E-state index in [4.69, 9.17) is 10.5 Å². The predicted molar refractivity (Wildman–Crippen MR) is 111 cm³/mol. The molecule has 4 aromatic rings. The van der Waals surface area contributed by atoms with Gasteiger partial charge in [-0.05, 0) is 49.6 Å². The number of hydrogen-bond acceptors (Lipinski definition) is 5. The van der Waals surface area contributed by atoms with Crippen LogP contribution in [0.2, 0.25) is 0 Å². The van der Waals surface area contributed by atoms with Crippen LogP contribution in [0, 0.1) is 0 Å². The van der Waals surface area contributed by atoms with Crippen molar-refractivity contribution in [1.29, 1.82) is 0 Å². The van der Waals surface area contributed by atoms with Crippen molar-refractivity contribution in [2.75, 3.05) is 7.11 Å². The monoisotopic (exact) mass is 390 g/mol. The van der Waals surface area contributed by atoms with Crippen LogP contribution in [0.1, 0.15) is 29.6 Å². The molecule has 2 aromatic carbocycles. The number of methoxy groups -OCH3 is 1. The maximum Gasteiger partial charge on any atom is 0.251 e. The van der Waals surface area contributed by atoms with Gasteiger partial charge in [0, 0.05) is 29.1 Å². The first-order valence-corrected chi connectivity index (χ1v) is 9.69. The van der Waals surface area contributed by atoms with E-state index < -0.39 is 0 Å². The van der Waals surface area contributed by atoms with E-state index in [0.29, 0.717) is 17.1 Å². The first kappa shape index (κ1) is 17.7. The van der Waals surface area contributed by atoms with Gasteiger partial charge in [0.15, 0.2) is 5.82 Å². The molecule has 2 heterocycles. The van der Waals surface area contributed by atoms with Crippen LogP contribution < -0.4 is 15.8 Å². The third-order valence-electron chi connectivity index (χ3n) is 5.55. The number of fused-ring (bicyclic) bond motifs is 2. The molecule has 1 aliphatic rings. The average molecular weight is 390 g/mol. The summed E-state index contributed by atoms with van der Waals surface area (Å²) in [4.78, 5) is 20.6. The fraction of sp³-hybridized carbons (Fsp3) is 0.286. The van der Waals surface area contributed by atoms with E-state index >= 15 is 0 Å². The molecule has 5 rings (SSSR count). The smallest absolute Gasteiger partial charge is 0.251 e. The highest BCUT2D eigenvalue weighted by atomic mass is 16.5. The Hall–Kier alpha value is -3.39. The molecule has 8 nitrogen and oxygen atoms in total. The molecule has 0 radical (unpaired) electrons. The Morgan fingerprint density at radius 1 is 1.21 bits per heavy atom. The second-order valence-electron chi connectivity index (χ2n) is 7.54. The van der Waals surface area contributed by atoms with Gasteiger partial charge in [-0.1, -0.05) is 0 Å². The van der Waals surface area contributed by atoms with Crippen molar-refractivity contribution in [2.45, 2.75) is 31.3 Å². The number of H-pyrrole nitrogens is 2. The van der Waals surface area contributed by atoms with E-state index in [0.717, 1.165) is 46.9 Å². The van der Waals surface area contributed by atoms with Gasteiger partial charge in [0.1, 0.15) is 11.4 Å². The van der Waals surface area contributed by atoms with Crippen LogP contribution in [0.15, 0.2) is 36.4 Å².